The molecule has 0 saturated heterocycles. The number of carbonyl (C=O) groups is 1. The number of benzene rings is 1. The molecule has 5 heteroatoms. The van der Waals surface area contributed by atoms with Crippen molar-refractivity contribution in [2.24, 2.45) is 5.73 Å². The van der Waals surface area contributed by atoms with Gasteiger partial charge in [-0.05, 0) is 18.2 Å². The van der Waals surface area contributed by atoms with Crippen molar-refractivity contribution < 1.29 is 13.6 Å². The maximum atomic E-state index is 13.2. The van der Waals surface area contributed by atoms with Crippen LogP contribution in [0.15, 0.2) is 18.2 Å². The van der Waals surface area contributed by atoms with Gasteiger partial charge < -0.3 is 10.6 Å². The number of halogens is 2. The first-order valence-corrected chi connectivity index (χ1v) is 4.47. The van der Waals surface area contributed by atoms with Crippen molar-refractivity contribution in [1.82, 2.24) is 4.90 Å². The molecule has 0 saturated carbocycles. The van der Waals surface area contributed by atoms with Crippen LogP contribution >= 0.6 is 0 Å². The lowest BCUT2D eigenvalue weighted by Crippen LogP contribution is -2.32. The Morgan fingerprint density at radius 3 is 2.73 bits per heavy atom. The van der Waals surface area contributed by atoms with E-state index in [1.54, 1.807) is 0 Å². The van der Waals surface area contributed by atoms with Gasteiger partial charge in [-0.15, -0.1) is 0 Å². The normalized spacial score (nSPS) is 10.1. The van der Waals surface area contributed by atoms with E-state index < -0.39 is 17.5 Å². The summed E-state index contributed by atoms with van der Waals surface area (Å²) in [6.45, 7) is 0.577. The second-order valence-electron chi connectivity index (χ2n) is 3.14. The quantitative estimate of drug-likeness (QED) is 0.815. The zero-order valence-corrected chi connectivity index (χ0v) is 8.34. The highest BCUT2D eigenvalue weighted by Gasteiger charge is 2.16. The van der Waals surface area contributed by atoms with E-state index in [2.05, 4.69) is 0 Å². The molecule has 0 aliphatic heterocycles. The minimum atomic E-state index is -0.731. The molecule has 1 amide bonds. The SMILES string of the molecule is CN(CCN)C(=O)c1cc(F)ccc1F. The zero-order valence-electron chi connectivity index (χ0n) is 8.34. The van der Waals surface area contributed by atoms with Gasteiger partial charge in [-0.1, -0.05) is 0 Å². The summed E-state index contributed by atoms with van der Waals surface area (Å²) in [7, 11) is 1.49. The van der Waals surface area contributed by atoms with E-state index in [1.165, 1.54) is 11.9 Å². The van der Waals surface area contributed by atoms with Gasteiger partial charge in [0.05, 0.1) is 5.56 Å². The highest BCUT2D eigenvalue weighted by molar-refractivity contribution is 5.94. The molecule has 0 spiro atoms. The highest BCUT2D eigenvalue weighted by Crippen LogP contribution is 2.11. The van der Waals surface area contributed by atoms with E-state index >= 15 is 0 Å². The van der Waals surface area contributed by atoms with Crippen molar-refractivity contribution >= 4 is 5.91 Å². The van der Waals surface area contributed by atoms with Crippen LogP contribution in [0.3, 0.4) is 0 Å². The Labute approximate surface area is 86.5 Å². The standard InChI is InChI=1S/C10H12F2N2O/c1-14(5-4-13)10(15)8-6-7(11)2-3-9(8)12/h2-3,6H,4-5,13H2,1H3. The molecule has 1 aromatic carbocycles. The summed E-state index contributed by atoms with van der Waals surface area (Å²) in [5.41, 5.74) is 4.98. The Kier molecular flexibility index (Phi) is 3.74. The van der Waals surface area contributed by atoms with Crippen molar-refractivity contribution in [3.05, 3.63) is 35.4 Å². The van der Waals surface area contributed by atoms with E-state index in [1.807, 2.05) is 0 Å². The number of hydrogen-bond acceptors (Lipinski definition) is 2. The molecule has 2 N–H and O–H groups in total. The highest BCUT2D eigenvalue weighted by atomic mass is 19.1. The maximum Gasteiger partial charge on any atom is 0.256 e. The summed E-state index contributed by atoms with van der Waals surface area (Å²) >= 11 is 0. The zero-order chi connectivity index (χ0) is 11.4. The molecule has 15 heavy (non-hydrogen) atoms. The van der Waals surface area contributed by atoms with Gasteiger partial charge in [0, 0.05) is 20.1 Å². The maximum absolute atomic E-state index is 13.2. The molecule has 0 heterocycles. The number of hydrogen-bond donors (Lipinski definition) is 1. The summed E-state index contributed by atoms with van der Waals surface area (Å²) < 4.78 is 26.0. The molecule has 0 radical (unpaired) electrons. The molecule has 3 nitrogen and oxygen atoms in total. The second-order valence-corrected chi connectivity index (χ2v) is 3.14. The number of rotatable bonds is 3. The summed E-state index contributed by atoms with van der Waals surface area (Å²) in [5, 5.41) is 0. The number of nitrogens with zero attached hydrogens (tertiary/aromatic N) is 1. The van der Waals surface area contributed by atoms with E-state index in [-0.39, 0.29) is 12.1 Å². The van der Waals surface area contributed by atoms with Crippen molar-refractivity contribution in [3.8, 4) is 0 Å². The van der Waals surface area contributed by atoms with Crippen LogP contribution in [0, 0.1) is 11.6 Å². The Bertz CT molecular complexity index is 368. The van der Waals surface area contributed by atoms with Gasteiger partial charge in [-0.2, -0.15) is 0 Å². The summed E-state index contributed by atoms with van der Waals surface area (Å²) in [5.74, 6) is -1.94. The molecular weight excluding hydrogens is 202 g/mol. The third-order valence-corrected chi connectivity index (χ3v) is 1.97. The van der Waals surface area contributed by atoms with E-state index in [0.717, 1.165) is 18.2 Å². The lowest BCUT2D eigenvalue weighted by Gasteiger charge is -2.16. The van der Waals surface area contributed by atoms with Crippen molar-refractivity contribution in [2.45, 2.75) is 0 Å². The number of nitrogens with two attached hydrogens (primary N) is 1. The predicted molar refractivity (Wildman–Crippen MR) is 52.4 cm³/mol. The van der Waals surface area contributed by atoms with Crippen LogP contribution in [0.25, 0.3) is 0 Å². The molecule has 0 fully saturated rings. The molecule has 82 valence electrons. The lowest BCUT2D eigenvalue weighted by atomic mass is 10.2. The van der Waals surface area contributed by atoms with Crippen LogP contribution in [-0.2, 0) is 0 Å². The van der Waals surface area contributed by atoms with Gasteiger partial charge >= 0.3 is 0 Å². The van der Waals surface area contributed by atoms with Gasteiger partial charge in [0.1, 0.15) is 11.6 Å². The summed E-state index contributed by atoms with van der Waals surface area (Å²) in [6.07, 6.45) is 0. The van der Waals surface area contributed by atoms with Gasteiger partial charge in [-0.25, -0.2) is 8.78 Å². The van der Waals surface area contributed by atoms with Gasteiger partial charge in [0.15, 0.2) is 0 Å². The van der Waals surface area contributed by atoms with Crippen LogP contribution in [0.4, 0.5) is 8.78 Å². The van der Waals surface area contributed by atoms with Gasteiger partial charge in [-0.3, -0.25) is 4.79 Å². The van der Waals surface area contributed by atoms with Crippen molar-refractivity contribution in [3.63, 3.8) is 0 Å². The Balaban J connectivity index is 2.95. The van der Waals surface area contributed by atoms with Crippen LogP contribution in [-0.4, -0.2) is 30.9 Å². The minimum absolute atomic E-state index is 0.272. The molecule has 0 aliphatic rings. The van der Waals surface area contributed by atoms with Gasteiger partial charge in [0.2, 0.25) is 0 Å². The molecule has 1 aromatic rings. The fourth-order valence-corrected chi connectivity index (χ4v) is 1.16. The average molecular weight is 214 g/mol. The Morgan fingerprint density at radius 2 is 2.13 bits per heavy atom. The van der Waals surface area contributed by atoms with Crippen LogP contribution in [0.2, 0.25) is 0 Å². The number of amides is 1. The first kappa shape index (κ1) is 11.6. The molecule has 1 rings (SSSR count). The monoisotopic (exact) mass is 214 g/mol. The molecule has 0 aromatic heterocycles. The fraction of sp³-hybridized carbons (Fsp3) is 0.300. The summed E-state index contributed by atoms with van der Waals surface area (Å²) in [4.78, 5) is 12.8. The first-order valence-electron chi connectivity index (χ1n) is 4.47. The smallest absolute Gasteiger partial charge is 0.256 e. The topological polar surface area (TPSA) is 46.3 Å². The van der Waals surface area contributed by atoms with Gasteiger partial charge in [0.25, 0.3) is 5.91 Å². The van der Waals surface area contributed by atoms with Crippen LogP contribution in [0.1, 0.15) is 10.4 Å². The number of carbonyl (C=O) groups excluding carboxylic acids is 1. The van der Waals surface area contributed by atoms with Crippen LogP contribution < -0.4 is 5.73 Å². The molecule has 0 unspecified atom stereocenters. The Morgan fingerprint density at radius 1 is 1.47 bits per heavy atom. The third-order valence-electron chi connectivity index (χ3n) is 1.97. The van der Waals surface area contributed by atoms with E-state index in [9.17, 15) is 13.6 Å². The molecular formula is C10H12F2N2O. The largest absolute Gasteiger partial charge is 0.340 e. The second kappa shape index (κ2) is 4.84. The summed E-state index contributed by atoms with van der Waals surface area (Å²) in [6, 6.07) is 2.78. The first-order chi connectivity index (χ1) is 7.06. The lowest BCUT2D eigenvalue weighted by molar-refractivity contribution is 0.0794. The molecule has 0 atom stereocenters. The predicted octanol–water partition coefficient (Wildman–Crippen LogP) is 0.996. The van der Waals surface area contributed by atoms with Crippen molar-refractivity contribution in [2.75, 3.05) is 20.1 Å². The van der Waals surface area contributed by atoms with Crippen molar-refractivity contribution in [1.29, 1.82) is 0 Å². The molecule has 0 aliphatic carbocycles. The van der Waals surface area contributed by atoms with E-state index in [4.69, 9.17) is 5.73 Å². The Hall–Kier alpha value is -1.49. The van der Waals surface area contributed by atoms with E-state index in [0.29, 0.717) is 6.54 Å². The molecule has 0 bridgehead atoms. The average Bonchev–Trinajstić information content (AvgIpc) is 2.21. The minimum Gasteiger partial charge on any atom is -0.340 e. The fourth-order valence-electron chi connectivity index (χ4n) is 1.16. The third kappa shape index (κ3) is 2.73. The van der Waals surface area contributed by atoms with Crippen LogP contribution in [0.5, 0.6) is 0 Å². The number of likely N-dealkylation sites (N-methyl/N-ethyl adjacent to an activating group) is 1.